The van der Waals surface area contributed by atoms with Gasteiger partial charge in [-0.2, -0.15) is 0 Å². The van der Waals surface area contributed by atoms with E-state index in [-0.39, 0.29) is 6.04 Å². The first-order chi connectivity index (χ1) is 5.25. The maximum Gasteiger partial charge on any atom is 0.0454 e. The first kappa shape index (κ1) is 8.53. The van der Waals surface area contributed by atoms with Crippen molar-refractivity contribution in [3.8, 4) is 0 Å². The molecule has 1 rings (SSSR count). The second-order valence-electron chi connectivity index (χ2n) is 2.36. The molecule has 0 aliphatic rings. The van der Waals surface area contributed by atoms with Gasteiger partial charge in [0.2, 0.25) is 0 Å². The van der Waals surface area contributed by atoms with Crippen LogP contribution in [0.15, 0.2) is 24.3 Å². The van der Waals surface area contributed by atoms with Gasteiger partial charge in [0.25, 0.3) is 0 Å². The Bertz CT molecular complexity index is 237. The molecule has 0 unspecified atom stereocenters. The summed E-state index contributed by atoms with van der Waals surface area (Å²) in [7, 11) is 0. The molecular weight excluding hydrogens is 160 g/mol. The molecule has 4 N–H and O–H groups in total. The second-order valence-corrected chi connectivity index (χ2v) is 2.77. The number of hydrogen-bond acceptors (Lipinski definition) is 2. The van der Waals surface area contributed by atoms with Gasteiger partial charge in [-0.05, 0) is 11.6 Å². The van der Waals surface area contributed by atoms with Gasteiger partial charge >= 0.3 is 0 Å². The van der Waals surface area contributed by atoms with Crippen molar-refractivity contribution in [3.05, 3.63) is 34.9 Å². The molecule has 0 fully saturated rings. The summed E-state index contributed by atoms with van der Waals surface area (Å²) in [6.45, 7) is 0.420. The van der Waals surface area contributed by atoms with Crippen molar-refractivity contribution in [1.82, 2.24) is 0 Å². The number of halogens is 1. The van der Waals surface area contributed by atoms with E-state index in [1.165, 1.54) is 0 Å². The Balaban J connectivity index is 2.93. The molecule has 0 saturated heterocycles. The van der Waals surface area contributed by atoms with Crippen LogP contribution in [-0.4, -0.2) is 6.54 Å². The van der Waals surface area contributed by atoms with Crippen molar-refractivity contribution in [1.29, 1.82) is 0 Å². The van der Waals surface area contributed by atoms with Gasteiger partial charge in [-0.25, -0.2) is 0 Å². The Morgan fingerprint density at radius 2 is 2.00 bits per heavy atom. The van der Waals surface area contributed by atoms with Gasteiger partial charge in [-0.15, -0.1) is 0 Å². The molecule has 0 aliphatic heterocycles. The Morgan fingerprint density at radius 1 is 1.36 bits per heavy atom. The Hall–Kier alpha value is -0.570. The lowest BCUT2D eigenvalue weighted by molar-refractivity contribution is 0.737. The molecule has 1 aromatic carbocycles. The summed E-state index contributed by atoms with van der Waals surface area (Å²) in [5.41, 5.74) is 12.0. The van der Waals surface area contributed by atoms with Gasteiger partial charge in [0.05, 0.1) is 0 Å². The number of nitrogens with two attached hydrogens (primary N) is 2. The minimum atomic E-state index is -0.149. The van der Waals surface area contributed by atoms with Crippen molar-refractivity contribution in [2.75, 3.05) is 6.54 Å². The van der Waals surface area contributed by atoms with Gasteiger partial charge in [-0.1, -0.05) is 29.8 Å². The fraction of sp³-hybridized carbons (Fsp3) is 0.250. The van der Waals surface area contributed by atoms with Crippen molar-refractivity contribution < 1.29 is 0 Å². The van der Waals surface area contributed by atoms with Crippen LogP contribution < -0.4 is 11.5 Å². The van der Waals surface area contributed by atoms with Gasteiger partial charge in [0.1, 0.15) is 0 Å². The van der Waals surface area contributed by atoms with Crippen LogP contribution >= 0.6 is 11.6 Å². The van der Waals surface area contributed by atoms with Crippen molar-refractivity contribution in [2.45, 2.75) is 6.04 Å². The van der Waals surface area contributed by atoms with E-state index in [1.54, 1.807) is 0 Å². The number of rotatable bonds is 2. The number of benzene rings is 1. The molecule has 1 atom stereocenters. The van der Waals surface area contributed by atoms with E-state index in [1.807, 2.05) is 24.3 Å². The molecule has 3 heteroatoms. The summed E-state index contributed by atoms with van der Waals surface area (Å²) in [5.74, 6) is 0. The Kier molecular flexibility index (Phi) is 2.88. The normalized spacial score (nSPS) is 13.0. The fourth-order valence-electron chi connectivity index (χ4n) is 0.903. The lowest BCUT2D eigenvalue weighted by Gasteiger charge is -2.09. The van der Waals surface area contributed by atoms with Crippen LogP contribution in [0.2, 0.25) is 5.02 Å². The third kappa shape index (κ3) is 1.93. The molecule has 0 spiro atoms. The zero-order valence-corrected chi connectivity index (χ0v) is 6.88. The van der Waals surface area contributed by atoms with E-state index >= 15 is 0 Å². The molecule has 2 nitrogen and oxygen atoms in total. The standard InChI is InChI=1S/C8H11ClN2/c9-7-4-2-1-3-6(7)8(11)5-10/h1-4,8H,5,10-11H2/t8-/m0/s1. The molecular formula is C8H11ClN2. The van der Waals surface area contributed by atoms with Gasteiger partial charge in [-0.3, -0.25) is 0 Å². The Morgan fingerprint density at radius 3 is 2.55 bits per heavy atom. The first-order valence-electron chi connectivity index (χ1n) is 3.45. The lowest BCUT2D eigenvalue weighted by Crippen LogP contribution is -2.20. The van der Waals surface area contributed by atoms with Gasteiger partial charge in [0, 0.05) is 17.6 Å². The van der Waals surface area contributed by atoms with E-state index in [0.29, 0.717) is 11.6 Å². The molecule has 11 heavy (non-hydrogen) atoms. The third-order valence-corrected chi connectivity index (χ3v) is 1.90. The minimum absolute atomic E-state index is 0.149. The van der Waals surface area contributed by atoms with E-state index in [2.05, 4.69) is 0 Å². The third-order valence-electron chi connectivity index (χ3n) is 1.56. The van der Waals surface area contributed by atoms with Crippen LogP contribution in [0.5, 0.6) is 0 Å². The molecule has 0 saturated carbocycles. The summed E-state index contributed by atoms with van der Waals surface area (Å²) < 4.78 is 0. The molecule has 0 aliphatic carbocycles. The lowest BCUT2D eigenvalue weighted by atomic mass is 10.1. The van der Waals surface area contributed by atoms with Crippen LogP contribution in [0.25, 0.3) is 0 Å². The molecule has 0 radical (unpaired) electrons. The van der Waals surface area contributed by atoms with Crippen molar-refractivity contribution >= 4 is 11.6 Å². The van der Waals surface area contributed by atoms with E-state index in [0.717, 1.165) is 5.56 Å². The average Bonchev–Trinajstić information content (AvgIpc) is 2.04. The van der Waals surface area contributed by atoms with E-state index < -0.39 is 0 Å². The fourth-order valence-corrected chi connectivity index (χ4v) is 1.18. The average molecular weight is 171 g/mol. The van der Waals surface area contributed by atoms with Gasteiger partial charge in [0.15, 0.2) is 0 Å². The van der Waals surface area contributed by atoms with Crippen LogP contribution in [0.4, 0.5) is 0 Å². The highest BCUT2D eigenvalue weighted by atomic mass is 35.5. The topological polar surface area (TPSA) is 52.0 Å². The minimum Gasteiger partial charge on any atom is -0.329 e. The summed E-state index contributed by atoms with van der Waals surface area (Å²) in [5, 5.41) is 0.686. The smallest absolute Gasteiger partial charge is 0.0454 e. The van der Waals surface area contributed by atoms with Crippen LogP contribution in [0, 0.1) is 0 Å². The van der Waals surface area contributed by atoms with E-state index in [4.69, 9.17) is 23.1 Å². The quantitative estimate of drug-likeness (QED) is 0.703. The van der Waals surface area contributed by atoms with E-state index in [9.17, 15) is 0 Å². The largest absolute Gasteiger partial charge is 0.329 e. The van der Waals surface area contributed by atoms with Crippen LogP contribution in [0.3, 0.4) is 0 Å². The highest BCUT2D eigenvalue weighted by molar-refractivity contribution is 6.31. The highest BCUT2D eigenvalue weighted by Crippen LogP contribution is 2.19. The summed E-state index contributed by atoms with van der Waals surface area (Å²) in [6.07, 6.45) is 0. The maximum atomic E-state index is 5.86. The highest BCUT2D eigenvalue weighted by Gasteiger charge is 2.05. The zero-order chi connectivity index (χ0) is 8.27. The van der Waals surface area contributed by atoms with Crippen molar-refractivity contribution in [2.24, 2.45) is 11.5 Å². The predicted octanol–water partition coefficient (Wildman–Crippen LogP) is 1.30. The SMILES string of the molecule is NC[C@H](N)c1ccccc1Cl. The predicted molar refractivity (Wildman–Crippen MR) is 47.4 cm³/mol. The first-order valence-corrected chi connectivity index (χ1v) is 3.83. The maximum absolute atomic E-state index is 5.86. The monoisotopic (exact) mass is 170 g/mol. The summed E-state index contributed by atoms with van der Waals surface area (Å²) in [4.78, 5) is 0. The zero-order valence-electron chi connectivity index (χ0n) is 6.13. The summed E-state index contributed by atoms with van der Waals surface area (Å²) >= 11 is 5.86. The van der Waals surface area contributed by atoms with Gasteiger partial charge < -0.3 is 11.5 Å². The van der Waals surface area contributed by atoms with Crippen LogP contribution in [-0.2, 0) is 0 Å². The Labute approximate surface area is 71.1 Å². The molecule has 60 valence electrons. The van der Waals surface area contributed by atoms with Crippen molar-refractivity contribution in [3.63, 3.8) is 0 Å². The van der Waals surface area contributed by atoms with Crippen LogP contribution in [0.1, 0.15) is 11.6 Å². The number of hydrogen-bond donors (Lipinski definition) is 2. The molecule has 0 amide bonds. The molecule has 0 bridgehead atoms. The summed E-state index contributed by atoms with van der Waals surface area (Å²) in [6, 6.07) is 7.32. The molecule has 0 aromatic heterocycles. The second kappa shape index (κ2) is 3.72. The molecule has 0 heterocycles. The molecule has 1 aromatic rings.